The second kappa shape index (κ2) is 8.64. The van der Waals surface area contributed by atoms with Crippen LogP contribution in [0.15, 0.2) is 64.9 Å². The van der Waals surface area contributed by atoms with E-state index in [0.717, 1.165) is 27.2 Å². The van der Waals surface area contributed by atoms with E-state index < -0.39 is 22.0 Å². The minimum Gasteiger partial charge on any atom is -0.403 e. The van der Waals surface area contributed by atoms with E-state index >= 15 is 0 Å². The normalized spacial score (nSPS) is 13.2. The molecule has 0 saturated carbocycles. The monoisotopic (exact) mass is 487 g/mol. The summed E-state index contributed by atoms with van der Waals surface area (Å²) in [6.45, 7) is 0.0600. The van der Waals surface area contributed by atoms with Gasteiger partial charge in [-0.3, -0.25) is 9.56 Å². The third-order valence-corrected chi connectivity index (χ3v) is 6.53. The minimum absolute atomic E-state index is 0.00828. The van der Waals surface area contributed by atoms with Crippen LogP contribution < -0.4 is 5.73 Å². The highest BCUT2D eigenvalue weighted by Crippen LogP contribution is 2.36. The third kappa shape index (κ3) is 3.88. The highest BCUT2D eigenvalue weighted by Gasteiger charge is 2.39. The van der Waals surface area contributed by atoms with Crippen LogP contribution in [0.5, 0.6) is 0 Å². The number of aromatic nitrogens is 4. The van der Waals surface area contributed by atoms with Crippen molar-refractivity contribution >= 4 is 44.0 Å². The molecule has 0 radical (unpaired) electrons. The van der Waals surface area contributed by atoms with Gasteiger partial charge in [-0.25, -0.2) is 22.4 Å². The molecule has 4 aromatic rings. The van der Waals surface area contributed by atoms with E-state index in [2.05, 4.69) is 15.0 Å². The van der Waals surface area contributed by atoms with Crippen molar-refractivity contribution in [2.75, 3.05) is 6.54 Å². The Morgan fingerprint density at radius 3 is 2.62 bits per heavy atom. The van der Waals surface area contributed by atoms with Gasteiger partial charge >= 0.3 is 6.18 Å². The maximum Gasteiger partial charge on any atom is 0.450 e. The molecule has 0 bridgehead atoms. The molecule has 3 heterocycles. The Morgan fingerprint density at radius 1 is 1.24 bits per heavy atom. The fraction of sp³-hybridized carbons (Fsp3) is 0.143. The molecule has 9 nitrogen and oxygen atoms in total. The predicted molar refractivity (Wildman–Crippen MR) is 119 cm³/mol. The standard InChI is InChI=1S/C21H16F3N7O2S/c22-21(23,24)20-29-17-13-28-19-16(18(17)31(20)14(11-26)12-27-9-4-8-25)7-10-30(19)34(32,33)15-5-2-1-3-6-15/h1-3,5-7,10-13H,4,9,26H2. The Bertz CT molecular complexity index is 1580. The van der Waals surface area contributed by atoms with Crippen molar-refractivity contribution in [1.82, 2.24) is 18.5 Å². The first-order chi connectivity index (χ1) is 16.2. The summed E-state index contributed by atoms with van der Waals surface area (Å²) in [5, 5.41) is 8.76. The molecule has 0 aliphatic carbocycles. The summed E-state index contributed by atoms with van der Waals surface area (Å²) in [5.74, 6) is -1.28. The van der Waals surface area contributed by atoms with Crippen LogP contribution in [0.3, 0.4) is 0 Å². The number of nitriles is 1. The first-order valence-electron chi connectivity index (χ1n) is 9.75. The number of fused-ring (bicyclic) bond motifs is 3. The van der Waals surface area contributed by atoms with Gasteiger partial charge in [0.05, 0.1) is 41.3 Å². The summed E-state index contributed by atoms with van der Waals surface area (Å²) in [6, 6.07) is 10.8. The maximum atomic E-state index is 13.9. The lowest BCUT2D eigenvalue weighted by atomic mass is 10.3. The predicted octanol–water partition coefficient (Wildman–Crippen LogP) is 3.38. The highest BCUT2D eigenvalue weighted by atomic mass is 32.2. The molecule has 4 rings (SSSR count). The fourth-order valence-corrected chi connectivity index (χ4v) is 4.74. The van der Waals surface area contributed by atoms with Crippen molar-refractivity contribution in [3.05, 3.63) is 60.8 Å². The number of benzene rings is 1. The second-order valence-electron chi connectivity index (χ2n) is 6.96. The van der Waals surface area contributed by atoms with E-state index in [1.54, 1.807) is 18.2 Å². The molecule has 174 valence electrons. The van der Waals surface area contributed by atoms with Crippen molar-refractivity contribution in [1.29, 1.82) is 5.26 Å². The van der Waals surface area contributed by atoms with Gasteiger partial charge in [0.1, 0.15) is 5.52 Å². The molecule has 1 aromatic carbocycles. The minimum atomic E-state index is -4.86. The molecule has 0 spiro atoms. The molecule has 0 unspecified atom stereocenters. The summed E-state index contributed by atoms with van der Waals surface area (Å²) >= 11 is 0. The molecule has 0 saturated heterocycles. The van der Waals surface area contributed by atoms with Crippen LogP contribution in [-0.4, -0.2) is 39.7 Å². The zero-order valence-electron chi connectivity index (χ0n) is 17.3. The quantitative estimate of drug-likeness (QED) is 0.328. The first-order valence-corrected chi connectivity index (χ1v) is 11.2. The number of alkyl halides is 3. The molecular weight excluding hydrogens is 471 g/mol. The van der Waals surface area contributed by atoms with Crippen molar-refractivity contribution in [3.8, 4) is 6.07 Å². The van der Waals surface area contributed by atoms with Gasteiger partial charge in [0.25, 0.3) is 10.0 Å². The number of hydrogen-bond acceptors (Lipinski definition) is 7. The van der Waals surface area contributed by atoms with Gasteiger partial charge < -0.3 is 5.73 Å². The smallest absolute Gasteiger partial charge is 0.403 e. The molecule has 3 aromatic heterocycles. The molecule has 0 fully saturated rings. The summed E-state index contributed by atoms with van der Waals surface area (Å²) in [7, 11) is -4.07. The van der Waals surface area contributed by atoms with Crippen molar-refractivity contribution in [3.63, 3.8) is 0 Å². The summed E-state index contributed by atoms with van der Waals surface area (Å²) in [6.07, 6.45) is -0.468. The Hall–Kier alpha value is -4.18. The highest BCUT2D eigenvalue weighted by molar-refractivity contribution is 7.90. The molecule has 2 N–H and O–H groups in total. The van der Waals surface area contributed by atoms with E-state index in [4.69, 9.17) is 11.0 Å². The van der Waals surface area contributed by atoms with Gasteiger partial charge in [0.15, 0.2) is 5.65 Å². The zero-order valence-corrected chi connectivity index (χ0v) is 18.1. The average molecular weight is 487 g/mol. The summed E-state index contributed by atoms with van der Waals surface area (Å²) in [5.41, 5.74) is 5.24. The van der Waals surface area contributed by atoms with E-state index in [1.165, 1.54) is 24.4 Å². The largest absolute Gasteiger partial charge is 0.450 e. The number of pyridine rings is 1. The number of hydrogen-bond donors (Lipinski definition) is 1. The van der Waals surface area contributed by atoms with Gasteiger partial charge in [-0.05, 0) is 18.2 Å². The number of nitrogens with zero attached hydrogens (tertiary/aromatic N) is 6. The number of aliphatic imine (C=N–C) groups is 1. The lowest BCUT2D eigenvalue weighted by Crippen LogP contribution is -2.16. The molecule has 13 heteroatoms. The lowest BCUT2D eigenvalue weighted by molar-refractivity contribution is -0.145. The van der Waals surface area contributed by atoms with E-state index in [9.17, 15) is 21.6 Å². The molecule has 0 amide bonds. The van der Waals surface area contributed by atoms with Gasteiger partial charge in [0.2, 0.25) is 5.82 Å². The molecule has 0 aliphatic heterocycles. The van der Waals surface area contributed by atoms with Crippen LogP contribution in [0, 0.1) is 11.3 Å². The van der Waals surface area contributed by atoms with E-state index in [0.29, 0.717) is 0 Å². The summed E-state index contributed by atoms with van der Waals surface area (Å²) < 4.78 is 69.6. The second-order valence-corrected chi connectivity index (χ2v) is 8.78. The Balaban J connectivity index is 2.00. The van der Waals surface area contributed by atoms with Crippen LogP contribution in [0.1, 0.15) is 12.2 Å². The summed E-state index contributed by atoms with van der Waals surface area (Å²) in [4.78, 5) is 11.7. The maximum absolute atomic E-state index is 13.9. The third-order valence-electron chi connectivity index (χ3n) is 4.85. The Kier molecular flexibility index (Phi) is 5.84. The van der Waals surface area contributed by atoms with Gasteiger partial charge in [0, 0.05) is 24.0 Å². The molecule has 0 aliphatic rings. The molecule has 34 heavy (non-hydrogen) atoms. The Labute approximate surface area is 191 Å². The SMILES string of the molecule is N#CCCN=CC(=CN)n1c(C(F)(F)F)nc2cnc3c(ccn3S(=O)(=O)c3ccccc3)c21. The lowest BCUT2D eigenvalue weighted by Gasteiger charge is -2.12. The molecule has 0 atom stereocenters. The number of rotatable bonds is 6. The van der Waals surface area contributed by atoms with Crippen molar-refractivity contribution in [2.45, 2.75) is 17.5 Å². The van der Waals surface area contributed by atoms with Crippen molar-refractivity contribution in [2.24, 2.45) is 10.7 Å². The number of imidazole rings is 1. The number of halogens is 3. The topological polar surface area (TPSA) is 132 Å². The van der Waals surface area contributed by atoms with Crippen LogP contribution in [0.4, 0.5) is 13.2 Å². The zero-order chi connectivity index (χ0) is 24.5. The van der Waals surface area contributed by atoms with Crippen molar-refractivity contribution < 1.29 is 21.6 Å². The van der Waals surface area contributed by atoms with Crippen LogP contribution in [0.25, 0.3) is 27.8 Å². The van der Waals surface area contributed by atoms with E-state index in [1.807, 2.05) is 6.07 Å². The van der Waals surface area contributed by atoms with Gasteiger partial charge in [-0.2, -0.15) is 18.4 Å². The van der Waals surface area contributed by atoms with Crippen LogP contribution in [-0.2, 0) is 16.2 Å². The van der Waals surface area contributed by atoms with Gasteiger partial charge in [-0.1, -0.05) is 18.2 Å². The fourth-order valence-electron chi connectivity index (χ4n) is 3.42. The number of allylic oxidation sites excluding steroid dienone is 1. The van der Waals surface area contributed by atoms with Gasteiger partial charge in [-0.15, -0.1) is 0 Å². The van der Waals surface area contributed by atoms with Crippen LogP contribution in [0.2, 0.25) is 0 Å². The Morgan fingerprint density at radius 2 is 1.97 bits per heavy atom. The first kappa shape index (κ1) is 23.0. The number of nitrogens with two attached hydrogens (primary N) is 1. The van der Waals surface area contributed by atoms with E-state index in [-0.39, 0.29) is 45.6 Å². The average Bonchev–Trinajstić information content (AvgIpc) is 3.42. The van der Waals surface area contributed by atoms with Crippen LogP contribution >= 0.6 is 0 Å². The molecular formula is C21H16F3N7O2S.